The summed E-state index contributed by atoms with van der Waals surface area (Å²) in [5.41, 5.74) is -0.460. The number of imidazole rings is 1. The number of carbonyl (C=O) groups excluding carboxylic acids is 1. The van der Waals surface area contributed by atoms with Crippen molar-refractivity contribution in [1.82, 2.24) is 19.7 Å². The SMILES string of the molecule is O=C(Nc1ccc(OC(F)(F)Cl)cc1)c1cc(-c2ccn[nH]2)c2c(c1)nc1n2[C@H](CO)COC1. The highest BCUT2D eigenvalue weighted by molar-refractivity contribution is 6.20. The second-order valence-corrected chi connectivity index (χ2v) is 8.08. The Morgan fingerprint density at radius 2 is 2.12 bits per heavy atom. The second kappa shape index (κ2) is 8.67. The number of H-pyrrole nitrogens is 1. The van der Waals surface area contributed by atoms with Crippen LogP contribution in [0, 0.1) is 0 Å². The largest absolute Gasteiger partial charge is 0.487 e. The van der Waals surface area contributed by atoms with Gasteiger partial charge in [0.15, 0.2) is 0 Å². The van der Waals surface area contributed by atoms with Gasteiger partial charge in [0.1, 0.15) is 18.2 Å². The van der Waals surface area contributed by atoms with Crippen molar-refractivity contribution in [3.05, 3.63) is 60.0 Å². The van der Waals surface area contributed by atoms with Crippen molar-refractivity contribution in [2.75, 3.05) is 18.5 Å². The maximum atomic E-state index is 13.0. The van der Waals surface area contributed by atoms with Gasteiger partial charge >= 0.3 is 5.57 Å². The summed E-state index contributed by atoms with van der Waals surface area (Å²) in [7, 11) is 0. The van der Waals surface area contributed by atoms with E-state index in [0.717, 1.165) is 5.52 Å². The van der Waals surface area contributed by atoms with Crippen LogP contribution < -0.4 is 10.1 Å². The quantitative estimate of drug-likeness (QED) is 0.354. The highest BCUT2D eigenvalue weighted by atomic mass is 35.5. The van der Waals surface area contributed by atoms with E-state index >= 15 is 0 Å². The van der Waals surface area contributed by atoms with Crippen LogP contribution in [0.5, 0.6) is 5.75 Å². The van der Waals surface area contributed by atoms with E-state index in [-0.39, 0.29) is 25.0 Å². The maximum absolute atomic E-state index is 13.0. The maximum Gasteiger partial charge on any atom is 0.487 e. The van der Waals surface area contributed by atoms with E-state index in [1.165, 1.54) is 24.3 Å². The van der Waals surface area contributed by atoms with Crippen LogP contribution in [0.3, 0.4) is 0 Å². The molecule has 2 aromatic carbocycles. The van der Waals surface area contributed by atoms with Gasteiger partial charge in [0.25, 0.3) is 5.91 Å². The molecule has 9 nitrogen and oxygen atoms in total. The molecule has 4 aromatic rings. The fraction of sp³-hybridized carbons (Fsp3) is 0.227. The van der Waals surface area contributed by atoms with E-state index in [2.05, 4.69) is 25.2 Å². The number of aliphatic hydroxyl groups excluding tert-OH is 1. The topological polar surface area (TPSA) is 114 Å². The number of fused-ring (bicyclic) bond motifs is 3. The predicted molar refractivity (Wildman–Crippen MR) is 119 cm³/mol. The third-order valence-electron chi connectivity index (χ3n) is 5.37. The lowest BCUT2D eigenvalue weighted by Gasteiger charge is -2.25. The normalized spacial score (nSPS) is 15.8. The first kappa shape index (κ1) is 22.3. The number of nitrogens with one attached hydrogen (secondary N) is 2. The molecule has 0 fully saturated rings. The van der Waals surface area contributed by atoms with Gasteiger partial charge in [-0.3, -0.25) is 9.89 Å². The first-order chi connectivity index (χ1) is 16.3. The van der Waals surface area contributed by atoms with E-state index in [9.17, 15) is 18.7 Å². The summed E-state index contributed by atoms with van der Waals surface area (Å²) >= 11 is 4.77. The van der Waals surface area contributed by atoms with Crippen LogP contribution in [-0.4, -0.2) is 49.5 Å². The van der Waals surface area contributed by atoms with Gasteiger partial charge < -0.3 is 24.5 Å². The first-order valence-electron chi connectivity index (χ1n) is 10.2. The summed E-state index contributed by atoms with van der Waals surface area (Å²) in [5.74, 6) is 0.0652. The summed E-state index contributed by atoms with van der Waals surface area (Å²) in [6.45, 7) is 0.498. The Morgan fingerprint density at radius 1 is 1.32 bits per heavy atom. The van der Waals surface area contributed by atoms with Gasteiger partial charge in [-0.05, 0) is 42.5 Å². The number of amides is 1. The van der Waals surface area contributed by atoms with Crippen molar-refractivity contribution in [2.45, 2.75) is 18.2 Å². The number of anilines is 1. The smallest absolute Gasteiger partial charge is 0.420 e. The van der Waals surface area contributed by atoms with E-state index in [1.54, 1.807) is 24.4 Å². The fourth-order valence-corrected chi connectivity index (χ4v) is 4.04. The molecule has 0 spiro atoms. The number of ether oxygens (including phenoxy) is 2. The molecular weight excluding hydrogens is 472 g/mol. The van der Waals surface area contributed by atoms with Crippen molar-refractivity contribution in [1.29, 1.82) is 0 Å². The lowest BCUT2D eigenvalue weighted by atomic mass is 10.0. The number of carbonyl (C=O) groups is 1. The molecule has 0 unspecified atom stereocenters. The number of aliphatic hydroxyl groups is 1. The van der Waals surface area contributed by atoms with Crippen LogP contribution in [0.1, 0.15) is 22.2 Å². The van der Waals surface area contributed by atoms with Crippen molar-refractivity contribution in [2.24, 2.45) is 0 Å². The van der Waals surface area contributed by atoms with E-state index in [0.29, 0.717) is 40.5 Å². The lowest BCUT2D eigenvalue weighted by molar-refractivity contribution is -0.0964. The molecule has 1 aliphatic heterocycles. The van der Waals surface area contributed by atoms with Gasteiger partial charge in [-0.1, -0.05) is 0 Å². The Morgan fingerprint density at radius 3 is 2.79 bits per heavy atom. The minimum Gasteiger partial charge on any atom is -0.420 e. The Kier molecular flexibility index (Phi) is 5.68. The third kappa shape index (κ3) is 4.32. The molecule has 0 radical (unpaired) electrons. The zero-order chi connectivity index (χ0) is 23.9. The van der Waals surface area contributed by atoms with E-state index in [4.69, 9.17) is 16.3 Å². The molecule has 3 heterocycles. The summed E-state index contributed by atoms with van der Waals surface area (Å²) < 4.78 is 37.3. The molecule has 0 aliphatic carbocycles. The molecule has 0 saturated carbocycles. The summed E-state index contributed by atoms with van der Waals surface area (Å²) in [4.78, 5) is 17.7. The monoisotopic (exact) mass is 489 g/mol. The van der Waals surface area contributed by atoms with Crippen molar-refractivity contribution >= 4 is 34.2 Å². The third-order valence-corrected chi connectivity index (χ3v) is 5.45. The fourth-order valence-electron chi connectivity index (χ4n) is 3.96. The first-order valence-corrected chi connectivity index (χ1v) is 10.6. The number of hydrogen-bond acceptors (Lipinski definition) is 6. The molecule has 5 rings (SSSR count). The molecule has 1 aliphatic rings. The zero-order valence-corrected chi connectivity index (χ0v) is 18.2. The molecule has 3 N–H and O–H groups in total. The highest BCUT2D eigenvalue weighted by Gasteiger charge is 2.28. The number of alkyl halides is 3. The van der Waals surface area contributed by atoms with Gasteiger partial charge in [0.2, 0.25) is 0 Å². The number of benzene rings is 2. The average Bonchev–Trinajstić information content (AvgIpc) is 3.46. The minimum absolute atomic E-state index is 0.127. The summed E-state index contributed by atoms with van der Waals surface area (Å²) in [6, 6.07) is 10.2. The van der Waals surface area contributed by atoms with Crippen molar-refractivity contribution in [3.8, 4) is 17.0 Å². The number of aromatic amines is 1. The Balaban J connectivity index is 1.51. The molecule has 176 valence electrons. The standard InChI is InChI=1S/C22H18ClF2N5O4/c23-22(24,25)34-15-3-1-13(2-4-15)27-21(32)12-7-16(17-5-6-26-29-17)20-18(8-12)28-19-11-33-10-14(9-31)30(19)20/h1-8,14,31H,9-11H2,(H,26,29)(H,27,32)/t14-/m1/s1. The van der Waals surface area contributed by atoms with Gasteiger partial charge in [0.05, 0.1) is 36.0 Å². The highest BCUT2D eigenvalue weighted by Crippen LogP contribution is 2.34. The summed E-state index contributed by atoms with van der Waals surface area (Å²) in [6.07, 6.45) is 1.60. The number of aromatic nitrogens is 4. The molecular formula is C22H18ClF2N5O4. The number of hydrogen-bond donors (Lipinski definition) is 3. The van der Waals surface area contributed by atoms with Crippen LogP contribution in [-0.2, 0) is 11.3 Å². The van der Waals surface area contributed by atoms with E-state index < -0.39 is 11.5 Å². The van der Waals surface area contributed by atoms with Crippen molar-refractivity contribution in [3.63, 3.8) is 0 Å². The minimum atomic E-state index is -3.83. The van der Waals surface area contributed by atoms with Gasteiger partial charge in [-0.2, -0.15) is 5.10 Å². The Hall–Kier alpha value is -3.54. The zero-order valence-electron chi connectivity index (χ0n) is 17.5. The van der Waals surface area contributed by atoms with Gasteiger partial charge in [0, 0.05) is 34.6 Å². The molecule has 12 heteroatoms. The Labute approximate surface area is 196 Å². The van der Waals surface area contributed by atoms with Gasteiger partial charge in [-0.15, -0.1) is 8.78 Å². The van der Waals surface area contributed by atoms with Crippen LogP contribution in [0.4, 0.5) is 14.5 Å². The lowest BCUT2D eigenvalue weighted by Crippen LogP contribution is -2.26. The number of rotatable bonds is 6. The second-order valence-electron chi connectivity index (χ2n) is 7.64. The van der Waals surface area contributed by atoms with Crippen LogP contribution in [0.15, 0.2) is 48.7 Å². The molecule has 34 heavy (non-hydrogen) atoms. The van der Waals surface area contributed by atoms with Crippen molar-refractivity contribution < 1.29 is 28.2 Å². The summed E-state index contributed by atoms with van der Waals surface area (Å²) in [5, 5.41) is 19.5. The molecule has 1 amide bonds. The molecule has 0 saturated heterocycles. The number of nitrogens with zero attached hydrogens (tertiary/aromatic N) is 3. The predicted octanol–water partition coefficient (Wildman–Crippen LogP) is 3.91. The van der Waals surface area contributed by atoms with Crippen LogP contribution in [0.2, 0.25) is 0 Å². The van der Waals surface area contributed by atoms with E-state index in [1.807, 2.05) is 4.57 Å². The number of halogens is 3. The average molecular weight is 490 g/mol. The Bertz CT molecular complexity index is 1340. The van der Waals surface area contributed by atoms with Crippen LogP contribution >= 0.6 is 11.6 Å². The molecule has 0 bridgehead atoms. The van der Waals surface area contributed by atoms with Crippen LogP contribution in [0.25, 0.3) is 22.3 Å². The molecule has 2 aromatic heterocycles. The molecule has 1 atom stereocenters. The van der Waals surface area contributed by atoms with Gasteiger partial charge in [-0.25, -0.2) is 4.98 Å².